The number of carbonyl (C=O) groups excluding carboxylic acids is 1. The Morgan fingerprint density at radius 2 is 1.80 bits per heavy atom. The molecule has 0 spiro atoms. The second-order valence-electron chi connectivity index (χ2n) is 7.59. The summed E-state index contributed by atoms with van der Waals surface area (Å²) < 4.78 is 27.8. The number of benzene rings is 2. The Labute approximate surface area is 181 Å². The fraction of sp³-hybridized carbons (Fsp3) is 0.318. The van der Waals surface area contributed by atoms with Crippen molar-refractivity contribution in [1.82, 2.24) is 14.9 Å². The van der Waals surface area contributed by atoms with E-state index in [-0.39, 0.29) is 18.1 Å². The topological polar surface area (TPSA) is 78.5 Å². The lowest BCUT2D eigenvalue weighted by Gasteiger charge is -2.33. The molecule has 1 aliphatic rings. The highest BCUT2D eigenvalue weighted by molar-refractivity contribution is 7.91. The number of nitrogens with zero attached hydrogens (tertiary/aromatic N) is 1. The Morgan fingerprint density at radius 3 is 2.50 bits per heavy atom. The minimum Gasteiger partial charge on any atom is -0.331 e. The van der Waals surface area contributed by atoms with Crippen molar-refractivity contribution in [2.75, 3.05) is 13.1 Å². The Hall–Kier alpha value is -2.42. The Bertz CT molecular complexity index is 1120. The lowest BCUT2D eigenvalue weighted by Crippen LogP contribution is -2.49. The number of thiophene rings is 1. The number of amides is 2. The molecule has 1 aromatic heterocycles. The molecular formula is C22H25N3O3S2. The normalized spacial score (nSPS) is 16.5. The minimum atomic E-state index is -3.48. The van der Waals surface area contributed by atoms with Gasteiger partial charge in [-0.15, -0.1) is 11.3 Å². The molecule has 0 radical (unpaired) electrons. The highest BCUT2D eigenvalue weighted by atomic mass is 32.2. The minimum absolute atomic E-state index is 0.114. The second kappa shape index (κ2) is 8.75. The molecule has 2 N–H and O–H groups in total. The van der Waals surface area contributed by atoms with E-state index < -0.39 is 10.0 Å². The summed E-state index contributed by atoms with van der Waals surface area (Å²) in [6, 6.07) is 17.3. The molecule has 3 aromatic rings. The van der Waals surface area contributed by atoms with Gasteiger partial charge in [-0.25, -0.2) is 17.9 Å². The fourth-order valence-electron chi connectivity index (χ4n) is 3.73. The Balaban J connectivity index is 1.31. The molecule has 158 valence electrons. The third kappa shape index (κ3) is 4.66. The van der Waals surface area contributed by atoms with E-state index in [0.717, 1.165) is 10.9 Å². The van der Waals surface area contributed by atoms with Crippen LogP contribution >= 0.6 is 11.3 Å². The summed E-state index contributed by atoms with van der Waals surface area (Å²) in [5.41, 5.74) is 1.06. The van der Waals surface area contributed by atoms with Gasteiger partial charge in [0.05, 0.1) is 6.04 Å². The van der Waals surface area contributed by atoms with E-state index in [4.69, 9.17) is 0 Å². The molecule has 2 amide bonds. The summed E-state index contributed by atoms with van der Waals surface area (Å²) in [7, 11) is -3.48. The SMILES string of the molecule is CC(NC(=O)N1CCC(NS(=O)(=O)c2cccs2)CC1)c1ccc2ccccc2c1. The van der Waals surface area contributed by atoms with Gasteiger partial charge in [0.25, 0.3) is 0 Å². The van der Waals surface area contributed by atoms with Gasteiger partial charge < -0.3 is 10.2 Å². The molecule has 2 heterocycles. The van der Waals surface area contributed by atoms with E-state index in [1.54, 1.807) is 22.4 Å². The number of hydrogen-bond acceptors (Lipinski definition) is 4. The molecule has 0 aliphatic carbocycles. The molecule has 4 rings (SSSR count). The number of fused-ring (bicyclic) bond motifs is 1. The molecule has 30 heavy (non-hydrogen) atoms. The van der Waals surface area contributed by atoms with Crippen molar-refractivity contribution in [2.45, 2.75) is 36.1 Å². The monoisotopic (exact) mass is 443 g/mol. The third-order valence-corrected chi connectivity index (χ3v) is 8.40. The predicted octanol–water partition coefficient (Wildman–Crippen LogP) is 4.11. The van der Waals surface area contributed by atoms with Crippen LogP contribution in [-0.2, 0) is 10.0 Å². The molecule has 0 bridgehead atoms. The van der Waals surface area contributed by atoms with Crippen molar-refractivity contribution in [2.24, 2.45) is 0 Å². The van der Waals surface area contributed by atoms with Crippen molar-refractivity contribution in [3.63, 3.8) is 0 Å². The van der Waals surface area contributed by atoms with Crippen molar-refractivity contribution in [1.29, 1.82) is 0 Å². The van der Waals surface area contributed by atoms with Crippen LogP contribution in [0.1, 0.15) is 31.4 Å². The predicted molar refractivity (Wildman–Crippen MR) is 120 cm³/mol. The largest absolute Gasteiger partial charge is 0.331 e. The zero-order valence-corrected chi connectivity index (χ0v) is 18.4. The van der Waals surface area contributed by atoms with Crippen LogP contribution in [0.25, 0.3) is 10.8 Å². The number of hydrogen-bond donors (Lipinski definition) is 2. The third-order valence-electron chi connectivity index (χ3n) is 5.48. The summed E-state index contributed by atoms with van der Waals surface area (Å²) in [6.45, 7) is 3.02. The number of carbonyl (C=O) groups is 1. The quantitative estimate of drug-likeness (QED) is 0.623. The molecule has 2 aromatic carbocycles. The van der Waals surface area contributed by atoms with E-state index in [9.17, 15) is 13.2 Å². The molecule has 1 saturated heterocycles. The highest BCUT2D eigenvalue weighted by Gasteiger charge is 2.27. The summed E-state index contributed by atoms with van der Waals surface area (Å²) in [6.07, 6.45) is 1.20. The van der Waals surface area contributed by atoms with Gasteiger partial charge in [-0.05, 0) is 53.6 Å². The van der Waals surface area contributed by atoms with E-state index in [1.165, 1.54) is 16.7 Å². The molecular weight excluding hydrogens is 418 g/mol. The van der Waals surface area contributed by atoms with Gasteiger partial charge >= 0.3 is 6.03 Å². The van der Waals surface area contributed by atoms with Gasteiger partial charge in [0.15, 0.2) is 0 Å². The van der Waals surface area contributed by atoms with Crippen LogP contribution in [0, 0.1) is 0 Å². The average Bonchev–Trinajstić information content (AvgIpc) is 3.29. The second-order valence-corrected chi connectivity index (χ2v) is 10.5. The van der Waals surface area contributed by atoms with Crippen LogP contribution in [-0.4, -0.2) is 38.5 Å². The standard InChI is InChI=1S/C22H25N3O3S2/c1-16(18-9-8-17-5-2-3-6-19(17)15-18)23-22(26)25-12-10-20(11-13-25)24-30(27,28)21-7-4-14-29-21/h2-9,14-16,20,24H,10-13H2,1H3,(H,23,26). The Kier molecular flexibility index (Phi) is 6.08. The summed E-state index contributed by atoms with van der Waals surface area (Å²) in [5, 5.41) is 7.14. The number of piperidine rings is 1. The molecule has 8 heteroatoms. The average molecular weight is 444 g/mol. The Morgan fingerprint density at radius 1 is 1.07 bits per heavy atom. The van der Waals surface area contributed by atoms with Gasteiger partial charge in [-0.2, -0.15) is 0 Å². The molecule has 1 unspecified atom stereocenters. The van der Waals surface area contributed by atoms with Crippen molar-refractivity contribution >= 4 is 38.2 Å². The van der Waals surface area contributed by atoms with Gasteiger partial charge in [-0.3, -0.25) is 0 Å². The van der Waals surface area contributed by atoms with Crippen molar-refractivity contribution < 1.29 is 13.2 Å². The summed E-state index contributed by atoms with van der Waals surface area (Å²) in [5.74, 6) is 0. The summed E-state index contributed by atoms with van der Waals surface area (Å²) >= 11 is 1.20. The zero-order chi connectivity index (χ0) is 21.1. The van der Waals surface area contributed by atoms with Crippen molar-refractivity contribution in [3.05, 3.63) is 65.5 Å². The van der Waals surface area contributed by atoms with Gasteiger partial charge in [0.2, 0.25) is 10.0 Å². The van der Waals surface area contributed by atoms with Gasteiger partial charge in [0.1, 0.15) is 4.21 Å². The lowest BCUT2D eigenvalue weighted by molar-refractivity contribution is 0.177. The first-order valence-corrected chi connectivity index (χ1v) is 12.4. The van der Waals surface area contributed by atoms with Crippen LogP contribution in [0.3, 0.4) is 0 Å². The number of rotatable bonds is 5. The van der Waals surface area contributed by atoms with Crippen LogP contribution in [0.15, 0.2) is 64.2 Å². The van der Waals surface area contributed by atoms with Crippen LogP contribution in [0.2, 0.25) is 0 Å². The molecule has 1 aliphatic heterocycles. The first-order chi connectivity index (χ1) is 14.4. The van der Waals surface area contributed by atoms with Gasteiger partial charge in [0, 0.05) is 19.1 Å². The van der Waals surface area contributed by atoms with Crippen LogP contribution in [0.5, 0.6) is 0 Å². The smallest absolute Gasteiger partial charge is 0.317 e. The lowest BCUT2D eigenvalue weighted by atomic mass is 10.0. The zero-order valence-electron chi connectivity index (χ0n) is 16.7. The molecule has 1 fully saturated rings. The van der Waals surface area contributed by atoms with E-state index in [1.807, 2.05) is 25.1 Å². The number of urea groups is 1. The maximum atomic E-state index is 12.7. The van der Waals surface area contributed by atoms with Crippen molar-refractivity contribution in [3.8, 4) is 0 Å². The van der Waals surface area contributed by atoms with Crippen LogP contribution < -0.4 is 10.0 Å². The van der Waals surface area contributed by atoms with Gasteiger partial charge in [-0.1, -0.05) is 42.5 Å². The number of likely N-dealkylation sites (tertiary alicyclic amines) is 1. The highest BCUT2D eigenvalue weighted by Crippen LogP contribution is 2.22. The number of nitrogens with one attached hydrogen (secondary N) is 2. The molecule has 6 nitrogen and oxygen atoms in total. The number of sulfonamides is 1. The maximum Gasteiger partial charge on any atom is 0.317 e. The first kappa shape index (κ1) is 20.8. The molecule has 1 atom stereocenters. The van der Waals surface area contributed by atoms with E-state index in [0.29, 0.717) is 30.1 Å². The maximum absolute atomic E-state index is 12.7. The van der Waals surface area contributed by atoms with E-state index in [2.05, 4.69) is 34.3 Å². The van der Waals surface area contributed by atoms with E-state index >= 15 is 0 Å². The first-order valence-electron chi connectivity index (χ1n) is 10.0. The molecule has 0 saturated carbocycles. The van der Waals surface area contributed by atoms with Crippen LogP contribution in [0.4, 0.5) is 4.79 Å². The summed E-state index contributed by atoms with van der Waals surface area (Å²) in [4.78, 5) is 14.5. The fourth-order valence-corrected chi connectivity index (χ4v) is 6.05.